The van der Waals surface area contributed by atoms with Crippen LogP contribution in [0.25, 0.3) is 10.8 Å². The summed E-state index contributed by atoms with van der Waals surface area (Å²) in [5.74, 6) is 0. The van der Waals surface area contributed by atoms with Crippen LogP contribution in [0.3, 0.4) is 0 Å². The van der Waals surface area contributed by atoms with Crippen molar-refractivity contribution in [3.05, 3.63) is 48.0 Å². The topological polar surface area (TPSA) is 38.0 Å². The van der Waals surface area contributed by atoms with Gasteiger partial charge >= 0.3 is 0 Å². The fraction of sp³-hybridized carbons (Fsp3) is 0.286. The summed E-state index contributed by atoms with van der Waals surface area (Å²) in [5, 5.41) is 6.03. The van der Waals surface area contributed by atoms with E-state index in [1.54, 1.807) is 0 Å². The Morgan fingerprint density at radius 1 is 1.12 bits per heavy atom. The Kier molecular flexibility index (Phi) is 3.54. The number of hydrogen-bond acceptors (Lipinski definition) is 2. The van der Waals surface area contributed by atoms with Gasteiger partial charge in [-0.1, -0.05) is 42.5 Å². The number of nitrogens with two attached hydrogens (primary N) is 1. The van der Waals surface area contributed by atoms with Crippen LogP contribution in [-0.2, 0) is 0 Å². The lowest BCUT2D eigenvalue weighted by Gasteiger charge is -2.15. The molecule has 1 atom stereocenters. The van der Waals surface area contributed by atoms with Crippen LogP contribution in [0.15, 0.2) is 42.5 Å². The Labute approximate surface area is 96.5 Å². The van der Waals surface area contributed by atoms with E-state index in [2.05, 4.69) is 54.7 Å². The zero-order valence-electron chi connectivity index (χ0n) is 9.61. The molecule has 0 aliphatic rings. The van der Waals surface area contributed by atoms with Crippen LogP contribution in [-0.4, -0.2) is 13.1 Å². The van der Waals surface area contributed by atoms with Gasteiger partial charge in [0.1, 0.15) is 0 Å². The first-order valence-corrected chi connectivity index (χ1v) is 5.74. The molecule has 0 unspecified atom stereocenters. The maximum absolute atomic E-state index is 5.51. The molecular formula is C14H18N2. The molecule has 2 heteroatoms. The standard InChI is InChI=1S/C14H18N2/c1-11(16-10-9-15)13-8-4-6-12-5-2-3-7-14(12)13/h2-8,11,16H,9-10,15H2,1H3/t11-/m0/s1. The number of rotatable bonds is 4. The summed E-state index contributed by atoms with van der Waals surface area (Å²) >= 11 is 0. The van der Waals surface area contributed by atoms with Crippen molar-refractivity contribution in [2.75, 3.05) is 13.1 Å². The molecule has 0 aliphatic carbocycles. The van der Waals surface area contributed by atoms with Crippen LogP contribution in [0.5, 0.6) is 0 Å². The summed E-state index contributed by atoms with van der Waals surface area (Å²) in [4.78, 5) is 0. The molecule has 0 spiro atoms. The third kappa shape index (κ3) is 2.23. The monoisotopic (exact) mass is 214 g/mol. The Bertz CT molecular complexity index is 460. The largest absolute Gasteiger partial charge is 0.329 e. The molecule has 2 aromatic rings. The van der Waals surface area contributed by atoms with Crippen LogP contribution in [0, 0.1) is 0 Å². The van der Waals surface area contributed by atoms with Crippen LogP contribution < -0.4 is 11.1 Å². The smallest absolute Gasteiger partial charge is 0.0298 e. The van der Waals surface area contributed by atoms with Crippen LogP contribution >= 0.6 is 0 Å². The second kappa shape index (κ2) is 5.10. The molecule has 0 aromatic heterocycles. The molecule has 0 aliphatic heterocycles. The first kappa shape index (κ1) is 11.1. The lowest BCUT2D eigenvalue weighted by molar-refractivity contribution is 0.585. The van der Waals surface area contributed by atoms with Crippen molar-refractivity contribution in [1.82, 2.24) is 5.32 Å². The average Bonchev–Trinajstić information content (AvgIpc) is 2.35. The van der Waals surface area contributed by atoms with Gasteiger partial charge in [0, 0.05) is 19.1 Å². The van der Waals surface area contributed by atoms with E-state index in [0.717, 1.165) is 6.54 Å². The Balaban J connectivity index is 2.36. The summed E-state index contributed by atoms with van der Waals surface area (Å²) in [6.07, 6.45) is 0. The predicted molar refractivity (Wildman–Crippen MR) is 69.4 cm³/mol. The van der Waals surface area contributed by atoms with E-state index in [1.807, 2.05) is 0 Å². The van der Waals surface area contributed by atoms with Crippen molar-refractivity contribution in [3.8, 4) is 0 Å². The Hall–Kier alpha value is -1.38. The highest BCUT2D eigenvalue weighted by atomic mass is 14.9. The summed E-state index contributed by atoms with van der Waals surface area (Å²) in [5.41, 5.74) is 6.84. The first-order chi connectivity index (χ1) is 7.83. The second-order valence-corrected chi connectivity index (χ2v) is 4.03. The molecule has 0 heterocycles. The summed E-state index contributed by atoms with van der Waals surface area (Å²) in [6.45, 7) is 3.71. The van der Waals surface area contributed by atoms with Gasteiger partial charge in [-0.05, 0) is 23.3 Å². The van der Waals surface area contributed by atoms with Crippen LogP contribution in [0.4, 0.5) is 0 Å². The Morgan fingerprint density at radius 2 is 1.88 bits per heavy atom. The number of nitrogens with one attached hydrogen (secondary N) is 1. The zero-order chi connectivity index (χ0) is 11.4. The van der Waals surface area contributed by atoms with Gasteiger partial charge in [-0.3, -0.25) is 0 Å². The van der Waals surface area contributed by atoms with E-state index in [-0.39, 0.29) is 0 Å². The molecule has 0 saturated heterocycles. The SMILES string of the molecule is C[C@H](NCCN)c1cccc2ccccc12. The van der Waals surface area contributed by atoms with Crippen molar-refractivity contribution in [1.29, 1.82) is 0 Å². The third-order valence-electron chi connectivity index (χ3n) is 2.88. The van der Waals surface area contributed by atoms with E-state index in [4.69, 9.17) is 5.73 Å². The van der Waals surface area contributed by atoms with Crippen LogP contribution in [0.1, 0.15) is 18.5 Å². The molecule has 2 rings (SSSR count). The summed E-state index contributed by atoms with van der Waals surface area (Å²) in [6, 6.07) is 15.3. The quantitative estimate of drug-likeness (QED) is 0.820. The molecule has 2 nitrogen and oxygen atoms in total. The first-order valence-electron chi connectivity index (χ1n) is 5.74. The zero-order valence-corrected chi connectivity index (χ0v) is 9.61. The fourth-order valence-electron chi connectivity index (χ4n) is 2.04. The van der Waals surface area contributed by atoms with Gasteiger partial charge in [0.05, 0.1) is 0 Å². The molecule has 0 bridgehead atoms. The van der Waals surface area contributed by atoms with Crippen molar-refractivity contribution in [3.63, 3.8) is 0 Å². The van der Waals surface area contributed by atoms with Crippen molar-refractivity contribution >= 4 is 10.8 Å². The van der Waals surface area contributed by atoms with Gasteiger partial charge in [0.2, 0.25) is 0 Å². The minimum absolute atomic E-state index is 0.342. The van der Waals surface area contributed by atoms with Crippen LogP contribution in [0.2, 0.25) is 0 Å². The van der Waals surface area contributed by atoms with Gasteiger partial charge in [-0.2, -0.15) is 0 Å². The summed E-state index contributed by atoms with van der Waals surface area (Å²) < 4.78 is 0. The number of fused-ring (bicyclic) bond motifs is 1. The molecule has 0 radical (unpaired) electrons. The molecule has 0 saturated carbocycles. The lowest BCUT2D eigenvalue weighted by atomic mass is 10.00. The normalized spacial score (nSPS) is 12.9. The van der Waals surface area contributed by atoms with Crippen molar-refractivity contribution in [2.24, 2.45) is 5.73 Å². The van der Waals surface area contributed by atoms with Crippen molar-refractivity contribution in [2.45, 2.75) is 13.0 Å². The molecule has 2 aromatic carbocycles. The predicted octanol–water partition coefficient (Wildman–Crippen LogP) is 2.45. The molecule has 16 heavy (non-hydrogen) atoms. The molecule has 0 fully saturated rings. The minimum atomic E-state index is 0.342. The van der Waals surface area contributed by atoms with Gasteiger partial charge < -0.3 is 11.1 Å². The van der Waals surface area contributed by atoms with E-state index in [0.29, 0.717) is 12.6 Å². The van der Waals surface area contributed by atoms with E-state index < -0.39 is 0 Å². The molecular weight excluding hydrogens is 196 g/mol. The maximum Gasteiger partial charge on any atom is 0.0298 e. The maximum atomic E-state index is 5.51. The van der Waals surface area contributed by atoms with Gasteiger partial charge in [0.25, 0.3) is 0 Å². The lowest BCUT2D eigenvalue weighted by Crippen LogP contribution is -2.25. The van der Waals surface area contributed by atoms with Crippen molar-refractivity contribution < 1.29 is 0 Å². The van der Waals surface area contributed by atoms with E-state index in [1.165, 1.54) is 16.3 Å². The highest BCUT2D eigenvalue weighted by molar-refractivity contribution is 5.86. The highest BCUT2D eigenvalue weighted by Gasteiger charge is 2.07. The number of hydrogen-bond donors (Lipinski definition) is 2. The molecule has 84 valence electrons. The molecule has 3 N–H and O–H groups in total. The van der Waals surface area contributed by atoms with Gasteiger partial charge in [-0.15, -0.1) is 0 Å². The summed E-state index contributed by atoms with van der Waals surface area (Å²) in [7, 11) is 0. The van der Waals surface area contributed by atoms with Gasteiger partial charge in [-0.25, -0.2) is 0 Å². The van der Waals surface area contributed by atoms with Gasteiger partial charge in [0.15, 0.2) is 0 Å². The van der Waals surface area contributed by atoms with E-state index >= 15 is 0 Å². The Morgan fingerprint density at radius 3 is 2.69 bits per heavy atom. The number of benzene rings is 2. The second-order valence-electron chi connectivity index (χ2n) is 4.03. The highest BCUT2D eigenvalue weighted by Crippen LogP contribution is 2.23. The fourth-order valence-corrected chi connectivity index (χ4v) is 2.04. The molecule has 0 amide bonds. The minimum Gasteiger partial charge on any atom is -0.329 e. The van der Waals surface area contributed by atoms with E-state index in [9.17, 15) is 0 Å². The third-order valence-corrected chi connectivity index (χ3v) is 2.88. The average molecular weight is 214 g/mol.